The van der Waals surface area contributed by atoms with Gasteiger partial charge >= 0.3 is 17.1 Å². The number of nitrogens with zero attached hydrogens (tertiary/aromatic N) is 8. The second kappa shape index (κ2) is 15.6. The summed E-state index contributed by atoms with van der Waals surface area (Å²) in [5.74, 6) is 0. The molecule has 0 saturated carbocycles. The van der Waals surface area contributed by atoms with Gasteiger partial charge in [0.1, 0.15) is 0 Å². The van der Waals surface area contributed by atoms with E-state index in [0.717, 1.165) is 14.2 Å². The van der Waals surface area contributed by atoms with E-state index in [9.17, 15) is 0 Å². The van der Waals surface area contributed by atoms with Gasteiger partial charge in [0, 0.05) is 39.0 Å². The molecule has 4 heterocycles. The van der Waals surface area contributed by atoms with Gasteiger partial charge < -0.3 is 28.6 Å². The first-order valence-corrected chi connectivity index (χ1v) is 8.22. The van der Waals surface area contributed by atoms with Crippen molar-refractivity contribution in [3.05, 3.63) is 73.8 Å². The summed E-state index contributed by atoms with van der Waals surface area (Å²) in [4.78, 5) is 0. The zero-order valence-electron chi connectivity index (χ0n) is 15.8. The number of hydrogen-bond acceptors (Lipinski definition) is 6. The van der Waals surface area contributed by atoms with Gasteiger partial charge in [-0.1, -0.05) is 0 Å². The second-order valence-electron chi connectivity index (χ2n) is 5.12. The Hall–Kier alpha value is -2.59. The summed E-state index contributed by atoms with van der Waals surface area (Å²) in [6.45, 7) is 0. The van der Waals surface area contributed by atoms with Crippen LogP contribution >= 0.6 is 0 Å². The molecule has 27 heavy (non-hydrogen) atoms. The van der Waals surface area contributed by atoms with E-state index in [2.05, 4.69) is 20.4 Å². The zero-order valence-corrected chi connectivity index (χ0v) is 16.9. The number of aliphatic hydroxyl groups is 2. The predicted octanol–water partition coefficient (Wildman–Crippen LogP) is -1.84. The van der Waals surface area contributed by atoms with Crippen molar-refractivity contribution >= 4 is 15.1 Å². The van der Waals surface area contributed by atoms with Crippen molar-refractivity contribution in [2.45, 2.75) is 0 Å². The van der Waals surface area contributed by atoms with Crippen LogP contribution in [0, 0.1) is 0 Å². The van der Waals surface area contributed by atoms with Gasteiger partial charge in [0.05, 0.1) is 0 Å². The first kappa shape index (κ1) is 24.4. The summed E-state index contributed by atoms with van der Waals surface area (Å²) >= 11 is 0. The molecule has 13 heteroatoms. The molecular formula is C14H24B2FeN8O2. The molecule has 4 aromatic rings. The van der Waals surface area contributed by atoms with E-state index < -0.39 is 15.1 Å². The minimum Gasteiger partial charge on any atom is -0.429 e. The van der Waals surface area contributed by atoms with Crippen LogP contribution in [0.25, 0.3) is 0 Å². The summed E-state index contributed by atoms with van der Waals surface area (Å²) in [6, 6.07) is 7.69. The molecule has 0 saturated heterocycles. The monoisotopic (exact) mass is 414 g/mol. The van der Waals surface area contributed by atoms with Crippen molar-refractivity contribution in [2.24, 2.45) is 0 Å². The quantitative estimate of drug-likeness (QED) is 0.380. The van der Waals surface area contributed by atoms with Crippen molar-refractivity contribution in [3.8, 4) is 0 Å². The molecular weight excluding hydrogens is 390 g/mol. The zero-order chi connectivity index (χ0) is 19.0. The van der Waals surface area contributed by atoms with Crippen LogP contribution in [-0.2, 0) is 17.1 Å². The van der Waals surface area contributed by atoms with Gasteiger partial charge in [-0.25, -0.2) is 20.4 Å². The Kier molecular flexibility index (Phi) is 14.1. The summed E-state index contributed by atoms with van der Waals surface area (Å²) in [5, 5.41) is 30.4. The maximum Gasteiger partial charge on any atom is 2.00 e. The molecule has 0 aromatic carbocycles. The average Bonchev–Trinajstić information content (AvgIpc) is 3.50. The van der Waals surface area contributed by atoms with Crippen molar-refractivity contribution in [1.29, 1.82) is 0 Å². The molecule has 0 aliphatic rings. The minimum absolute atomic E-state index is 0. The first-order chi connectivity index (χ1) is 12.9. The Morgan fingerprint density at radius 3 is 0.889 bits per heavy atom. The Bertz CT molecular complexity index is 618. The Balaban J connectivity index is 0.000000411. The molecule has 0 spiro atoms. The summed E-state index contributed by atoms with van der Waals surface area (Å²) < 4.78 is 7.75. The Morgan fingerprint density at radius 1 is 0.519 bits per heavy atom. The second-order valence-corrected chi connectivity index (χ2v) is 5.12. The van der Waals surface area contributed by atoms with Crippen molar-refractivity contribution in [1.82, 2.24) is 38.8 Å². The average molecular weight is 414 g/mol. The molecule has 4 aromatic heterocycles. The van der Waals surface area contributed by atoms with Crippen LogP contribution in [-0.4, -0.2) is 78.3 Å². The van der Waals surface area contributed by atoms with Crippen molar-refractivity contribution in [2.75, 3.05) is 14.2 Å². The third-order valence-corrected chi connectivity index (χ3v) is 3.37. The normalized spacial score (nSPS) is 8.74. The van der Waals surface area contributed by atoms with E-state index in [1.165, 1.54) is 0 Å². The molecule has 0 amide bonds. The fraction of sp³-hybridized carbons (Fsp3) is 0.143. The van der Waals surface area contributed by atoms with Crippen LogP contribution in [0.3, 0.4) is 0 Å². The molecule has 10 nitrogen and oxygen atoms in total. The molecule has 0 unspecified atom stereocenters. The van der Waals surface area contributed by atoms with E-state index in [0.29, 0.717) is 0 Å². The topological polar surface area (TPSA) is 112 Å². The third-order valence-electron chi connectivity index (χ3n) is 3.37. The van der Waals surface area contributed by atoms with Gasteiger partial charge in [-0.2, -0.15) is 0 Å². The van der Waals surface area contributed by atoms with Crippen molar-refractivity contribution in [3.63, 3.8) is 0 Å². The van der Waals surface area contributed by atoms with E-state index in [4.69, 9.17) is 10.2 Å². The number of aromatic nitrogens is 8. The van der Waals surface area contributed by atoms with E-state index in [-0.39, 0.29) is 17.1 Å². The predicted molar refractivity (Wildman–Crippen MR) is 104 cm³/mol. The van der Waals surface area contributed by atoms with Crippen LogP contribution < -0.4 is 0 Å². The van der Waals surface area contributed by atoms with E-state index >= 15 is 0 Å². The third kappa shape index (κ3) is 9.61. The van der Waals surface area contributed by atoms with Crippen molar-refractivity contribution < 1.29 is 27.3 Å². The summed E-state index contributed by atoms with van der Waals surface area (Å²) in [7, 11) is 1.17. The molecule has 2 N–H and O–H groups in total. The van der Waals surface area contributed by atoms with Gasteiger partial charge in [0.25, 0.3) is 0 Å². The Labute approximate surface area is 169 Å². The largest absolute Gasteiger partial charge is 2.00 e. The number of rotatable bonds is 4. The van der Waals surface area contributed by atoms with Crippen LogP contribution in [0.4, 0.5) is 0 Å². The fourth-order valence-electron chi connectivity index (χ4n) is 2.27. The minimum atomic E-state index is -0.417. The van der Waals surface area contributed by atoms with Gasteiger partial charge in [-0.05, 0) is 49.1 Å². The smallest absolute Gasteiger partial charge is 0.429 e. The first-order valence-electron chi connectivity index (χ1n) is 8.22. The molecule has 0 fully saturated rings. The fourth-order valence-corrected chi connectivity index (χ4v) is 2.27. The van der Waals surface area contributed by atoms with E-state index in [1.807, 2.05) is 67.4 Å². The van der Waals surface area contributed by atoms with Gasteiger partial charge in [-0.15, -0.1) is 0 Å². The molecule has 146 valence electrons. The van der Waals surface area contributed by atoms with Crippen LogP contribution in [0.2, 0.25) is 0 Å². The molecule has 0 aliphatic carbocycles. The maximum atomic E-state index is 7.00. The Morgan fingerprint density at radius 2 is 0.741 bits per heavy atom. The molecule has 0 radical (unpaired) electrons. The number of hydrogen-bond donors (Lipinski definition) is 2. The van der Waals surface area contributed by atoms with Gasteiger partial charge in [0.15, 0.2) is 15.1 Å². The molecule has 0 atom stereocenters. The van der Waals surface area contributed by atoms with Gasteiger partial charge in [0.2, 0.25) is 0 Å². The van der Waals surface area contributed by atoms with E-state index in [1.54, 1.807) is 24.8 Å². The SMILES string of the molecule is CO.CO.[BH2-](n1cccn1)n1cccn1.[BH2-](n1cccn1)n1cccn1.[Fe+2]. The summed E-state index contributed by atoms with van der Waals surface area (Å²) in [5.41, 5.74) is 0. The van der Waals surface area contributed by atoms with Gasteiger partial charge in [-0.3, -0.25) is 0 Å². The standard InChI is InChI=1S/2C6H8BN4.2CH4O.Fe/c2*1-3-8-10(5-1)7-11-6-2-4-9-11;2*1-2;/h2*1-6H,7H2;2*2H,1H3;/q2*-1;;;+2. The molecule has 4 rings (SSSR count). The summed E-state index contributed by atoms with van der Waals surface area (Å²) in [6.07, 6.45) is 15.0. The van der Waals surface area contributed by atoms with Crippen LogP contribution in [0.1, 0.15) is 0 Å². The maximum absolute atomic E-state index is 7.00. The van der Waals surface area contributed by atoms with Crippen LogP contribution in [0.15, 0.2) is 73.8 Å². The molecule has 0 aliphatic heterocycles. The number of aliphatic hydroxyl groups excluding tert-OH is 2. The van der Waals surface area contributed by atoms with Crippen LogP contribution in [0.5, 0.6) is 0 Å². The molecule has 0 bridgehead atoms.